The Hall–Kier alpha value is -2.95. The van der Waals surface area contributed by atoms with Gasteiger partial charge in [-0.25, -0.2) is 15.0 Å². The molecule has 1 aromatic carbocycles. The van der Waals surface area contributed by atoms with Crippen molar-refractivity contribution in [3.05, 3.63) is 36.9 Å². The summed E-state index contributed by atoms with van der Waals surface area (Å²) in [6.07, 6.45) is -1.17. The zero-order chi connectivity index (χ0) is 19.0. The minimum Gasteiger partial charge on any atom is -0.497 e. The van der Waals surface area contributed by atoms with Crippen LogP contribution >= 0.6 is 0 Å². The maximum atomic E-state index is 10.4. The second-order valence-corrected chi connectivity index (χ2v) is 6.12. The predicted molar refractivity (Wildman–Crippen MR) is 94.1 cm³/mol. The van der Waals surface area contributed by atoms with Crippen LogP contribution in [0.15, 0.2) is 36.9 Å². The van der Waals surface area contributed by atoms with Crippen molar-refractivity contribution in [2.45, 2.75) is 24.5 Å². The zero-order valence-electron chi connectivity index (χ0n) is 14.5. The van der Waals surface area contributed by atoms with E-state index < -0.39 is 24.5 Å². The van der Waals surface area contributed by atoms with Gasteiger partial charge in [-0.3, -0.25) is 4.57 Å². The summed E-state index contributed by atoms with van der Waals surface area (Å²) in [4.78, 5) is 12.2. The first kappa shape index (κ1) is 17.5. The number of imidazole rings is 1. The van der Waals surface area contributed by atoms with Gasteiger partial charge in [0.1, 0.15) is 48.3 Å². The first-order valence-electron chi connectivity index (χ1n) is 8.30. The van der Waals surface area contributed by atoms with Crippen LogP contribution in [0.3, 0.4) is 0 Å². The first-order chi connectivity index (χ1) is 13.1. The molecule has 142 valence electrons. The summed E-state index contributed by atoms with van der Waals surface area (Å²) in [5, 5.41) is 20.8. The van der Waals surface area contributed by atoms with Gasteiger partial charge in [0.2, 0.25) is 0 Å². The van der Waals surface area contributed by atoms with Crippen LogP contribution in [-0.2, 0) is 4.74 Å². The third-order valence-electron chi connectivity index (χ3n) is 4.47. The molecule has 2 aromatic heterocycles. The lowest BCUT2D eigenvalue weighted by atomic mass is 10.1. The molecule has 1 aliphatic rings. The number of hydrogen-bond donors (Lipinski definition) is 3. The van der Waals surface area contributed by atoms with Crippen LogP contribution in [0.1, 0.15) is 6.23 Å². The molecule has 1 saturated heterocycles. The van der Waals surface area contributed by atoms with Crippen LogP contribution in [0.25, 0.3) is 11.2 Å². The Morgan fingerprint density at radius 1 is 1.11 bits per heavy atom. The topological polar surface area (TPSA) is 138 Å². The van der Waals surface area contributed by atoms with Crippen molar-refractivity contribution in [1.82, 2.24) is 19.5 Å². The van der Waals surface area contributed by atoms with Gasteiger partial charge in [-0.15, -0.1) is 0 Å². The molecule has 1 fully saturated rings. The molecular weight excluding hydrogens is 354 g/mol. The number of fused-ring (bicyclic) bond motifs is 1. The maximum Gasteiger partial charge on any atom is 0.167 e. The van der Waals surface area contributed by atoms with E-state index in [4.69, 9.17) is 19.9 Å². The van der Waals surface area contributed by atoms with Crippen molar-refractivity contribution in [2.24, 2.45) is 0 Å². The number of aliphatic hydroxyl groups is 2. The maximum absolute atomic E-state index is 10.4. The molecule has 10 nitrogen and oxygen atoms in total. The quantitative estimate of drug-likeness (QED) is 0.569. The lowest BCUT2D eigenvalue weighted by Gasteiger charge is -2.16. The molecule has 4 atom stereocenters. The van der Waals surface area contributed by atoms with Crippen molar-refractivity contribution in [1.29, 1.82) is 0 Å². The third-order valence-corrected chi connectivity index (χ3v) is 4.47. The summed E-state index contributed by atoms with van der Waals surface area (Å²) in [6.45, 7) is 0.0603. The Bertz CT molecular complexity index is 931. The van der Waals surface area contributed by atoms with Gasteiger partial charge < -0.3 is 30.2 Å². The highest BCUT2D eigenvalue weighted by Gasteiger charge is 2.44. The highest BCUT2D eigenvalue weighted by atomic mass is 16.6. The second kappa shape index (κ2) is 6.99. The van der Waals surface area contributed by atoms with Crippen LogP contribution < -0.4 is 15.2 Å². The summed E-state index contributed by atoms with van der Waals surface area (Å²) in [5.74, 6) is 1.53. The monoisotopic (exact) mass is 373 g/mol. The Labute approximate surface area is 154 Å². The summed E-state index contributed by atoms with van der Waals surface area (Å²) in [5.41, 5.74) is 6.60. The molecule has 4 rings (SSSR count). The Balaban J connectivity index is 1.49. The van der Waals surface area contributed by atoms with E-state index in [0.717, 1.165) is 0 Å². The van der Waals surface area contributed by atoms with Crippen molar-refractivity contribution < 1.29 is 24.4 Å². The average Bonchev–Trinajstić information content (AvgIpc) is 3.23. The standard InChI is InChI=1S/C17H19N5O5/c1-25-9-2-4-10(5-3-9)26-6-11-13(23)14(24)17(27-11)22-8-21-12-15(18)19-7-20-16(12)22/h2-5,7-8,11,13-14,17,23-24H,6H2,1H3,(H2,18,19,20)/t11-,13-,14-,17-/m1/s1. The van der Waals surface area contributed by atoms with E-state index in [9.17, 15) is 10.2 Å². The Kier molecular flexibility index (Phi) is 4.52. The summed E-state index contributed by atoms with van der Waals surface area (Å²) >= 11 is 0. The summed E-state index contributed by atoms with van der Waals surface area (Å²) in [7, 11) is 1.58. The number of hydrogen-bond acceptors (Lipinski definition) is 9. The lowest BCUT2D eigenvalue weighted by Crippen LogP contribution is -2.34. The first-order valence-corrected chi connectivity index (χ1v) is 8.30. The molecular formula is C17H19N5O5. The minimum atomic E-state index is -1.18. The molecule has 0 radical (unpaired) electrons. The number of nitrogens with zero attached hydrogens (tertiary/aromatic N) is 4. The SMILES string of the molecule is COc1ccc(OC[C@H]2O[C@@H](n3cnc4c(N)ncnc43)[C@H](O)[C@@H]2O)cc1. The average molecular weight is 373 g/mol. The van der Waals surface area contributed by atoms with Gasteiger partial charge in [-0.2, -0.15) is 0 Å². The molecule has 0 amide bonds. The fraction of sp³-hybridized carbons (Fsp3) is 0.353. The van der Waals surface area contributed by atoms with E-state index in [2.05, 4.69) is 15.0 Å². The third kappa shape index (κ3) is 3.14. The second-order valence-electron chi connectivity index (χ2n) is 6.12. The van der Waals surface area contributed by atoms with Crippen LogP contribution in [0, 0.1) is 0 Å². The van der Waals surface area contributed by atoms with E-state index >= 15 is 0 Å². The normalized spacial score (nSPS) is 25.0. The van der Waals surface area contributed by atoms with Gasteiger partial charge in [-0.05, 0) is 24.3 Å². The number of aromatic nitrogens is 4. The number of anilines is 1. The minimum absolute atomic E-state index is 0.0603. The number of benzene rings is 1. The van der Waals surface area contributed by atoms with Gasteiger partial charge >= 0.3 is 0 Å². The Morgan fingerprint density at radius 2 is 1.85 bits per heavy atom. The van der Waals surface area contributed by atoms with E-state index in [0.29, 0.717) is 22.7 Å². The van der Waals surface area contributed by atoms with Crippen molar-refractivity contribution in [3.8, 4) is 11.5 Å². The van der Waals surface area contributed by atoms with Crippen LogP contribution in [-0.4, -0.2) is 61.8 Å². The number of rotatable bonds is 5. The van der Waals surface area contributed by atoms with E-state index in [1.54, 1.807) is 31.4 Å². The predicted octanol–water partition coefficient (Wildman–Crippen LogP) is 0.115. The fourth-order valence-corrected chi connectivity index (χ4v) is 3.00. The number of aliphatic hydroxyl groups excluding tert-OH is 2. The van der Waals surface area contributed by atoms with Crippen molar-refractivity contribution >= 4 is 17.0 Å². The highest BCUT2D eigenvalue weighted by molar-refractivity contribution is 5.81. The molecule has 0 aliphatic carbocycles. The molecule has 0 bridgehead atoms. The molecule has 3 aromatic rings. The highest BCUT2D eigenvalue weighted by Crippen LogP contribution is 2.32. The number of methoxy groups -OCH3 is 1. The van der Waals surface area contributed by atoms with E-state index in [1.165, 1.54) is 17.2 Å². The van der Waals surface area contributed by atoms with Crippen LogP contribution in [0.5, 0.6) is 11.5 Å². The van der Waals surface area contributed by atoms with Gasteiger partial charge in [0.15, 0.2) is 17.7 Å². The van der Waals surface area contributed by atoms with Crippen molar-refractivity contribution in [3.63, 3.8) is 0 Å². The van der Waals surface area contributed by atoms with Gasteiger partial charge in [0.05, 0.1) is 13.4 Å². The molecule has 0 unspecified atom stereocenters. The zero-order valence-corrected chi connectivity index (χ0v) is 14.5. The summed E-state index contributed by atoms with van der Waals surface area (Å²) < 4.78 is 18.1. The number of nitrogen functional groups attached to an aromatic ring is 1. The van der Waals surface area contributed by atoms with Gasteiger partial charge in [0.25, 0.3) is 0 Å². The van der Waals surface area contributed by atoms with Gasteiger partial charge in [0, 0.05) is 0 Å². The molecule has 1 aliphatic heterocycles. The van der Waals surface area contributed by atoms with E-state index in [-0.39, 0.29) is 12.4 Å². The van der Waals surface area contributed by atoms with Crippen molar-refractivity contribution in [2.75, 3.05) is 19.5 Å². The van der Waals surface area contributed by atoms with Crippen LogP contribution in [0.2, 0.25) is 0 Å². The lowest BCUT2D eigenvalue weighted by molar-refractivity contribution is -0.0474. The molecule has 0 spiro atoms. The fourth-order valence-electron chi connectivity index (χ4n) is 3.00. The molecule has 10 heteroatoms. The number of ether oxygens (including phenoxy) is 3. The smallest absolute Gasteiger partial charge is 0.167 e. The van der Waals surface area contributed by atoms with E-state index in [1.807, 2.05) is 0 Å². The molecule has 3 heterocycles. The number of nitrogens with two attached hydrogens (primary N) is 1. The van der Waals surface area contributed by atoms with Crippen LogP contribution in [0.4, 0.5) is 5.82 Å². The van der Waals surface area contributed by atoms with Gasteiger partial charge in [-0.1, -0.05) is 0 Å². The molecule has 27 heavy (non-hydrogen) atoms. The largest absolute Gasteiger partial charge is 0.497 e. The summed E-state index contributed by atoms with van der Waals surface area (Å²) in [6, 6.07) is 7.02. The molecule has 4 N–H and O–H groups in total. The Morgan fingerprint density at radius 3 is 2.59 bits per heavy atom. The molecule has 0 saturated carbocycles.